The number of hydrogen-bond donors (Lipinski definition) is 0. The van der Waals surface area contributed by atoms with Crippen molar-refractivity contribution in [3.8, 4) is 0 Å². The summed E-state index contributed by atoms with van der Waals surface area (Å²) in [6.45, 7) is 2.51. The van der Waals surface area contributed by atoms with E-state index in [1.165, 1.54) is 6.92 Å². The van der Waals surface area contributed by atoms with Crippen molar-refractivity contribution in [1.29, 1.82) is 0 Å². The van der Waals surface area contributed by atoms with E-state index in [-0.39, 0.29) is 40.6 Å². The molecule has 0 saturated heterocycles. The third-order valence-electron chi connectivity index (χ3n) is 0.289. The van der Waals surface area contributed by atoms with Gasteiger partial charge in [0.05, 0.1) is 0 Å². The summed E-state index contributed by atoms with van der Waals surface area (Å²) in [6.07, 6.45) is 0.111. The largest absolute Gasteiger partial charge is 2.00 e. The molecule has 0 amide bonds. The van der Waals surface area contributed by atoms with Gasteiger partial charge in [0.25, 0.3) is 0 Å². The van der Waals surface area contributed by atoms with Crippen molar-refractivity contribution in [2.75, 3.05) is 0 Å². The second-order valence-electron chi connectivity index (χ2n) is 1.22. The van der Waals surface area contributed by atoms with Gasteiger partial charge in [-0.05, 0) is 13.3 Å². The Morgan fingerprint density at radius 2 is 1.27 bits per heavy atom. The van der Waals surface area contributed by atoms with E-state index in [0.29, 0.717) is 0 Å². The van der Waals surface area contributed by atoms with E-state index in [2.05, 4.69) is 0 Å². The summed E-state index contributed by atoms with van der Waals surface area (Å²) in [5.74, 6) is -2.08. The topological polar surface area (TPSA) is 80.3 Å². The molecule has 0 unspecified atom stereocenters. The summed E-state index contributed by atoms with van der Waals surface area (Å²) < 4.78 is 0. The van der Waals surface area contributed by atoms with E-state index in [9.17, 15) is 9.90 Å². The Labute approximate surface area is 86.3 Å². The number of carbonyl (C=O) groups excluding carboxylic acids is 2. The molecule has 4 nitrogen and oxygen atoms in total. The molecule has 0 fully saturated rings. The zero-order valence-corrected chi connectivity index (χ0v) is 7.83. The van der Waals surface area contributed by atoms with Crippen LogP contribution in [0.25, 0.3) is 0 Å². The Kier molecular flexibility index (Phi) is 33.7. The summed E-state index contributed by atoms with van der Waals surface area (Å²) in [5.41, 5.74) is 0. The van der Waals surface area contributed by atoms with E-state index in [1.807, 2.05) is 0 Å². The van der Waals surface area contributed by atoms with Crippen LogP contribution in [-0.4, -0.2) is 11.9 Å². The average molecular weight is 259 g/mol. The van der Waals surface area contributed by atoms with Gasteiger partial charge in [0, 0.05) is 11.9 Å². The molecule has 0 N–H and O–H groups in total. The molecule has 0 aromatic carbocycles. The predicted molar refractivity (Wildman–Crippen MR) is 26.0 cm³/mol. The molecular formula is C5H8Cu2O4+2. The van der Waals surface area contributed by atoms with E-state index in [0.717, 1.165) is 6.92 Å². The molecule has 0 aromatic rings. The van der Waals surface area contributed by atoms with E-state index < -0.39 is 11.9 Å². The number of carboxylic acid groups (broad SMARTS) is 2. The molecule has 0 atom stereocenters. The van der Waals surface area contributed by atoms with Crippen LogP contribution in [0.15, 0.2) is 0 Å². The number of carboxylic acids is 2. The van der Waals surface area contributed by atoms with Crippen molar-refractivity contribution in [3.63, 3.8) is 0 Å². The second kappa shape index (κ2) is 16.5. The van der Waals surface area contributed by atoms with Crippen LogP contribution >= 0.6 is 0 Å². The van der Waals surface area contributed by atoms with Crippen molar-refractivity contribution < 1.29 is 53.9 Å². The fourth-order valence-corrected chi connectivity index (χ4v) is 0. The molecule has 0 aliphatic heterocycles. The molecular weight excluding hydrogens is 251 g/mol. The number of carbonyl (C=O) groups is 2. The SMILES string of the molecule is CC(=O)[O-].CCC(=O)[O-].[Cu+2].[Cu+2]. The number of aliphatic carboxylic acids is 2. The second-order valence-corrected chi connectivity index (χ2v) is 1.22. The first-order chi connectivity index (χ1) is 4.00. The minimum absolute atomic E-state index is 0. The summed E-state index contributed by atoms with van der Waals surface area (Å²) in [5, 5.41) is 18.1. The molecule has 0 aromatic heterocycles. The maximum Gasteiger partial charge on any atom is 2.00 e. The third kappa shape index (κ3) is 162. The first kappa shape index (κ1) is 22.4. The van der Waals surface area contributed by atoms with Gasteiger partial charge < -0.3 is 19.8 Å². The van der Waals surface area contributed by atoms with Gasteiger partial charge >= 0.3 is 34.1 Å². The van der Waals surface area contributed by atoms with E-state index in [4.69, 9.17) is 9.90 Å². The quantitative estimate of drug-likeness (QED) is 0.505. The van der Waals surface area contributed by atoms with Gasteiger partial charge in [-0.25, -0.2) is 0 Å². The fourth-order valence-electron chi connectivity index (χ4n) is 0. The van der Waals surface area contributed by atoms with Crippen LogP contribution in [0.4, 0.5) is 0 Å². The molecule has 0 spiro atoms. The Morgan fingerprint density at radius 1 is 1.18 bits per heavy atom. The van der Waals surface area contributed by atoms with Crippen LogP contribution in [0.5, 0.6) is 0 Å². The summed E-state index contributed by atoms with van der Waals surface area (Å²) in [7, 11) is 0. The van der Waals surface area contributed by atoms with E-state index >= 15 is 0 Å². The van der Waals surface area contributed by atoms with Crippen LogP contribution in [0, 0.1) is 0 Å². The van der Waals surface area contributed by atoms with Gasteiger partial charge in [-0.2, -0.15) is 0 Å². The summed E-state index contributed by atoms with van der Waals surface area (Å²) in [6, 6.07) is 0. The smallest absolute Gasteiger partial charge is 0.550 e. The molecule has 2 radical (unpaired) electrons. The fraction of sp³-hybridized carbons (Fsp3) is 0.600. The Hall–Kier alpha value is -0.0210. The first-order valence-electron chi connectivity index (χ1n) is 2.38. The Balaban J connectivity index is -0.0000000383. The molecule has 0 saturated carbocycles. The minimum atomic E-state index is -1.08. The Morgan fingerprint density at radius 3 is 1.27 bits per heavy atom. The van der Waals surface area contributed by atoms with Crippen molar-refractivity contribution in [2.45, 2.75) is 20.3 Å². The molecule has 0 heterocycles. The monoisotopic (exact) mass is 258 g/mol. The molecule has 0 aliphatic carbocycles. The number of rotatable bonds is 1. The van der Waals surface area contributed by atoms with Gasteiger partial charge in [0.15, 0.2) is 0 Å². The van der Waals surface area contributed by atoms with Crippen molar-refractivity contribution in [3.05, 3.63) is 0 Å². The maximum absolute atomic E-state index is 9.26. The van der Waals surface area contributed by atoms with Crippen LogP contribution < -0.4 is 10.2 Å². The third-order valence-corrected chi connectivity index (χ3v) is 0.289. The maximum atomic E-state index is 9.26. The molecule has 0 rings (SSSR count). The standard InChI is InChI=1S/C3H6O2.C2H4O2.2Cu/c1-2-3(4)5;1-2(3)4;;/h2H2,1H3,(H,4,5);1H3,(H,3,4);;/q;;2*+2/p-2. The minimum Gasteiger partial charge on any atom is -0.550 e. The Bertz CT molecular complexity index is 101. The molecule has 0 bridgehead atoms. The van der Waals surface area contributed by atoms with Crippen molar-refractivity contribution in [1.82, 2.24) is 0 Å². The molecule has 0 aliphatic rings. The van der Waals surface area contributed by atoms with Gasteiger partial charge in [-0.3, -0.25) is 0 Å². The van der Waals surface area contributed by atoms with Crippen LogP contribution in [0.1, 0.15) is 20.3 Å². The van der Waals surface area contributed by atoms with Gasteiger partial charge in [0.1, 0.15) is 0 Å². The zero-order chi connectivity index (χ0) is 7.86. The zero-order valence-electron chi connectivity index (χ0n) is 5.94. The van der Waals surface area contributed by atoms with E-state index in [1.54, 1.807) is 0 Å². The molecule has 11 heavy (non-hydrogen) atoms. The van der Waals surface area contributed by atoms with Gasteiger partial charge in [-0.1, -0.05) is 6.92 Å². The summed E-state index contributed by atoms with van der Waals surface area (Å²) >= 11 is 0. The van der Waals surface area contributed by atoms with Crippen molar-refractivity contribution in [2.24, 2.45) is 0 Å². The predicted octanol–water partition coefficient (Wildman–Crippen LogP) is -2.10. The van der Waals surface area contributed by atoms with Gasteiger partial charge in [0.2, 0.25) is 0 Å². The normalized spacial score (nSPS) is 5.64. The molecule has 6 heteroatoms. The van der Waals surface area contributed by atoms with Crippen molar-refractivity contribution >= 4 is 11.9 Å². The summed E-state index contributed by atoms with van der Waals surface area (Å²) in [4.78, 5) is 18.1. The first-order valence-corrected chi connectivity index (χ1v) is 2.38. The molecule has 72 valence electrons. The average Bonchev–Trinajstić information content (AvgIpc) is 1.65. The van der Waals surface area contributed by atoms with Gasteiger partial charge in [-0.15, -0.1) is 0 Å². The van der Waals surface area contributed by atoms with Crippen LogP contribution in [0.2, 0.25) is 0 Å². The number of hydrogen-bond acceptors (Lipinski definition) is 4. The van der Waals surface area contributed by atoms with Crippen LogP contribution in [0.3, 0.4) is 0 Å². The van der Waals surface area contributed by atoms with Crippen LogP contribution in [-0.2, 0) is 43.7 Å².